The van der Waals surface area contributed by atoms with Gasteiger partial charge < -0.3 is 10.2 Å². The number of hydrogen-bond acceptors (Lipinski definition) is 2. The number of H-pyrrole nitrogens is 1. The third kappa shape index (κ3) is 4.60. The van der Waals surface area contributed by atoms with Gasteiger partial charge in [0.25, 0.3) is 11.7 Å². The Kier molecular flexibility index (Phi) is 5.56. The zero-order chi connectivity index (χ0) is 16.9. The van der Waals surface area contributed by atoms with Gasteiger partial charge in [0.05, 0.1) is 6.20 Å². The number of hydrogen-bond donors (Lipinski definition) is 2. The van der Waals surface area contributed by atoms with Crippen molar-refractivity contribution >= 4 is 40.6 Å². The van der Waals surface area contributed by atoms with Gasteiger partial charge in [0.2, 0.25) is 0 Å². The van der Waals surface area contributed by atoms with E-state index in [2.05, 4.69) is 21.3 Å². The Morgan fingerprint density at radius 2 is 1.88 bits per heavy atom. The van der Waals surface area contributed by atoms with Crippen LogP contribution in [0.1, 0.15) is 0 Å². The standard InChI is InChI=1S/C17H18Cl2N4O/c18-13-9-14(19)11-15(10-13)21-17(24)12-22-5-7-23(8-6-22)16-3-1-2-4-20-16/h1-4,9-11H,5-8,12H2,(H,21,24)/p+2. The van der Waals surface area contributed by atoms with Crippen LogP contribution in [-0.2, 0) is 4.79 Å². The Morgan fingerprint density at radius 3 is 2.50 bits per heavy atom. The second-order valence-electron chi connectivity index (χ2n) is 5.87. The molecule has 0 radical (unpaired) electrons. The summed E-state index contributed by atoms with van der Waals surface area (Å²) in [6.45, 7) is 4.13. The maximum absolute atomic E-state index is 12.2. The highest BCUT2D eigenvalue weighted by atomic mass is 35.5. The van der Waals surface area contributed by atoms with E-state index >= 15 is 0 Å². The van der Waals surface area contributed by atoms with E-state index in [1.54, 1.807) is 18.2 Å². The molecule has 0 aliphatic carbocycles. The number of nitrogens with zero attached hydrogens (tertiary/aromatic N) is 1. The highest BCUT2D eigenvalue weighted by Gasteiger charge is 2.27. The number of pyridine rings is 1. The highest BCUT2D eigenvalue weighted by Crippen LogP contribution is 2.22. The molecule has 0 bridgehead atoms. The van der Waals surface area contributed by atoms with Gasteiger partial charge in [-0.1, -0.05) is 29.3 Å². The van der Waals surface area contributed by atoms with Crippen molar-refractivity contribution in [2.45, 2.75) is 0 Å². The lowest BCUT2D eigenvalue weighted by Gasteiger charge is -2.27. The molecule has 24 heavy (non-hydrogen) atoms. The summed E-state index contributed by atoms with van der Waals surface area (Å²) in [5.74, 6) is 1.10. The lowest BCUT2D eigenvalue weighted by molar-refractivity contribution is -0.892. The first-order valence-corrected chi connectivity index (χ1v) is 8.67. The van der Waals surface area contributed by atoms with E-state index in [0.717, 1.165) is 32.0 Å². The summed E-state index contributed by atoms with van der Waals surface area (Å²) in [6, 6.07) is 11.1. The fourth-order valence-corrected chi connectivity index (χ4v) is 3.41. The molecular formula is C17H20Cl2N4O+2. The minimum atomic E-state index is -0.0249. The summed E-state index contributed by atoms with van der Waals surface area (Å²) >= 11 is 11.9. The smallest absolute Gasteiger partial charge is 0.279 e. The maximum Gasteiger partial charge on any atom is 0.279 e. The van der Waals surface area contributed by atoms with E-state index in [0.29, 0.717) is 22.3 Å². The number of carbonyl (C=O) groups is 1. The Balaban J connectivity index is 1.50. The molecule has 5 nitrogen and oxygen atoms in total. The molecule has 1 aliphatic rings. The average molecular weight is 367 g/mol. The summed E-state index contributed by atoms with van der Waals surface area (Å²) in [4.78, 5) is 19.0. The molecule has 126 valence electrons. The maximum atomic E-state index is 12.2. The van der Waals surface area contributed by atoms with E-state index in [9.17, 15) is 4.79 Å². The van der Waals surface area contributed by atoms with Crippen molar-refractivity contribution < 1.29 is 14.7 Å². The fraction of sp³-hybridized carbons (Fsp3) is 0.294. The molecule has 3 N–H and O–H groups in total. The topological polar surface area (TPSA) is 50.9 Å². The normalized spacial score (nSPS) is 15.3. The van der Waals surface area contributed by atoms with Gasteiger partial charge in [-0.15, -0.1) is 0 Å². The molecule has 1 saturated heterocycles. The van der Waals surface area contributed by atoms with Gasteiger partial charge in [-0.05, 0) is 24.3 Å². The minimum Gasteiger partial charge on any atom is -0.321 e. The number of anilines is 2. The van der Waals surface area contributed by atoms with Crippen molar-refractivity contribution in [2.75, 3.05) is 42.9 Å². The molecule has 1 amide bonds. The quantitative estimate of drug-likeness (QED) is 0.852. The van der Waals surface area contributed by atoms with Crippen LogP contribution in [0.15, 0.2) is 42.6 Å². The number of quaternary nitrogens is 1. The van der Waals surface area contributed by atoms with E-state index in [1.807, 2.05) is 18.3 Å². The molecule has 3 rings (SSSR count). The average Bonchev–Trinajstić information content (AvgIpc) is 2.55. The fourth-order valence-electron chi connectivity index (χ4n) is 2.88. The second-order valence-corrected chi connectivity index (χ2v) is 6.74. The number of benzene rings is 1. The van der Waals surface area contributed by atoms with Gasteiger partial charge in [0.15, 0.2) is 6.54 Å². The Labute approximate surface area is 151 Å². The van der Waals surface area contributed by atoms with Gasteiger partial charge in [-0.2, -0.15) is 0 Å². The van der Waals surface area contributed by atoms with Crippen molar-refractivity contribution in [3.05, 3.63) is 52.6 Å². The summed E-state index contributed by atoms with van der Waals surface area (Å²) in [5.41, 5.74) is 0.634. The number of amides is 1. The molecule has 1 aromatic carbocycles. The molecule has 1 aliphatic heterocycles. The number of aromatic nitrogens is 1. The molecule has 7 heteroatoms. The summed E-state index contributed by atoms with van der Waals surface area (Å²) in [7, 11) is 0. The number of aromatic amines is 1. The van der Waals surface area contributed by atoms with Crippen molar-refractivity contribution in [3.8, 4) is 0 Å². The SMILES string of the molecule is O=C(C[NH+]1CCN(c2cccc[nH+]2)CC1)Nc1cc(Cl)cc(Cl)c1. The monoisotopic (exact) mass is 366 g/mol. The van der Waals surface area contributed by atoms with Crippen LogP contribution in [0.3, 0.4) is 0 Å². The third-order valence-electron chi connectivity index (χ3n) is 4.06. The predicted octanol–water partition coefficient (Wildman–Crippen LogP) is 1.15. The number of rotatable bonds is 4. The number of halogens is 2. The van der Waals surface area contributed by atoms with E-state index in [-0.39, 0.29) is 5.91 Å². The van der Waals surface area contributed by atoms with Gasteiger partial charge in [0.1, 0.15) is 26.2 Å². The molecule has 1 aromatic heterocycles. The second kappa shape index (κ2) is 7.83. The number of nitrogens with one attached hydrogen (secondary N) is 3. The first-order valence-electron chi connectivity index (χ1n) is 7.91. The Bertz CT molecular complexity index is 683. The van der Waals surface area contributed by atoms with Crippen LogP contribution in [0.4, 0.5) is 11.5 Å². The van der Waals surface area contributed by atoms with Gasteiger partial charge >= 0.3 is 0 Å². The van der Waals surface area contributed by atoms with Crippen LogP contribution in [0.5, 0.6) is 0 Å². The Morgan fingerprint density at radius 1 is 1.17 bits per heavy atom. The third-order valence-corrected chi connectivity index (χ3v) is 4.50. The largest absolute Gasteiger partial charge is 0.321 e. The molecule has 0 unspecified atom stereocenters. The number of carbonyl (C=O) groups excluding carboxylic acids is 1. The molecule has 1 fully saturated rings. The molecule has 0 spiro atoms. The first-order chi connectivity index (χ1) is 11.6. The minimum absolute atomic E-state index is 0.0249. The van der Waals surface area contributed by atoms with E-state index in [4.69, 9.17) is 23.2 Å². The van der Waals surface area contributed by atoms with Crippen LogP contribution < -0.4 is 20.1 Å². The first kappa shape index (κ1) is 17.0. The van der Waals surface area contributed by atoms with Crippen LogP contribution in [0.2, 0.25) is 10.0 Å². The van der Waals surface area contributed by atoms with Crippen molar-refractivity contribution in [1.29, 1.82) is 0 Å². The zero-order valence-corrected chi connectivity index (χ0v) is 14.7. The lowest BCUT2D eigenvalue weighted by Crippen LogP contribution is -3.15. The van der Waals surface area contributed by atoms with Gasteiger partial charge in [0, 0.05) is 21.8 Å². The van der Waals surface area contributed by atoms with Crippen LogP contribution >= 0.6 is 23.2 Å². The molecular weight excluding hydrogens is 347 g/mol. The number of piperazine rings is 1. The predicted molar refractivity (Wildman–Crippen MR) is 95.9 cm³/mol. The molecule has 2 heterocycles. The van der Waals surface area contributed by atoms with Crippen molar-refractivity contribution in [2.24, 2.45) is 0 Å². The summed E-state index contributed by atoms with van der Waals surface area (Å²) in [5, 5.41) is 3.89. The summed E-state index contributed by atoms with van der Waals surface area (Å²) in [6.07, 6.45) is 1.93. The van der Waals surface area contributed by atoms with Gasteiger partial charge in [-0.3, -0.25) is 9.69 Å². The molecule has 0 atom stereocenters. The lowest BCUT2D eigenvalue weighted by atomic mass is 10.3. The van der Waals surface area contributed by atoms with Crippen molar-refractivity contribution in [3.63, 3.8) is 0 Å². The van der Waals surface area contributed by atoms with Gasteiger partial charge in [-0.25, -0.2) is 4.98 Å². The summed E-state index contributed by atoms with van der Waals surface area (Å²) < 4.78 is 0. The molecule has 2 aromatic rings. The van der Waals surface area contributed by atoms with E-state index < -0.39 is 0 Å². The van der Waals surface area contributed by atoms with Crippen LogP contribution in [-0.4, -0.2) is 38.6 Å². The molecule has 0 saturated carbocycles. The zero-order valence-electron chi connectivity index (χ0n) is 13.2. The van der Waals surface area contributed by atoms with Crippen LogP contribution in [0.25, 0.3) is 0 Å². The van der Waals surface area contributed by atoms with Crippen molar-refractivity contribution in [1.82, 2.24) is 0 Å². The highest BCUT2D eigenvalue weighted by molar-refractivity contribution is 6.35. The van der Waals surface area contributed by atoms with Crippen LogP contribution in [0, 0.1) is 0 Å². The van der Waals surface area contributed by atoms with E-state index in [1.165, 1.54) is 4.90 Å². The Hall–Kier alpha value is -1.82.